The smallest absolute Gasteiger partial charge is 0.238 e. The Morgan fingerprint density at radius 3 is 2.72 bits per heavy atom. The van der Waals surface area contributed by atoms with Crippen molar-refractivity contribution in [1.29, 1.82) is 0 Å². The van der Waals surface area contributed by atoms with Crippen LogP contribution in [0.5, 0.6) is 0 Å². The van der Waals surface area contributed by atoms with E-state index < -0.39 is 0 Å². The van der Waals surface area contributed by atoms with E-state index in [1.165, 1.54) is 12.8 Å². The Labute approximate surface area is 107 Å². The third kappa shape index (κ3) is 4.13. The Bertz CT molecular complexity index is 403. The molecular formula is C14H20N2O2. The SMILES string of the molecule is NNC(=O)Cc1ccccc1COCCC1CC1. The van der Waals surface area contributed by atoms with E-state index in [9.17, 15) is 4.79 Å². The predicted molar refractivity (Wildman–Crippen MR) is 69.5 cm³/mol. The number of hydrazine groups is 1. The van der Waals surface area contributed by atoms with Gasteiger partial charge < -0.3 is 4.74 Å². The van der Waals surface area contributed by atoms with E-state index in [-0.39, 0.29) is 5.91 Å². The van der Waals surface area contributed by atoms with Crippen LogP contribution in [0.4, 0.5) is 0 Å². The van der Waals surface area contributed by atoms with Crippen molar-refractivity contribution in [2.45, 2.75) is 32.3 Å². The van der Waals surface area contributed by atoms with Crippen LogP contribution in [0, 0.1) is 5.92 Å². The number of ether oxygens (including phenoxy) is 1. The fourth-order valence-corrected chi connectivity index (χ4v) is 1.93. The summed E-state index contributed by atoms with van der Waals surface area (Å²) in [6.07, 6.45) is 4.18. The molecule has 1 fully saturated rings. The van der Waals surface area contributed by atoms with Gasteiger partial charge in [-0.1, -0.05) is 37.1 Å². The normalized spacial score (nSPS) is 14.5. The van der Waals surface area contributed by atoms with Crippen LogP contribution in [0.3, 0.4) is 0 Å². The van der Waals surface area contributed by atoms with Crippen LogP contribution >= 0.6 is 0 Å². The van der Waals surface area contributed by atoms with Gasteiger partial charge in [0.2, 0.25) is 5.91 Å². The second-order valence-corrected chi connectivity index (χ2v) is 4.80. The molecule has 0 aromatic heterocycles. The van der Waals surface area contributed by atoms with E-state index in [0.717, 1.165) is 30.1 Å². The number of carbonyl (C=O) groups excluding carboxylic acids is 1. The van der Waals surface area contributed by atoms with Crippen molar-refractivity contribution in [2.24, 2.45) is 11.8 Å². The van der Waals surface area contributed by atoms with Crippen molar-refractivity contribution < 1.29 is 9.53 Å². The number of hydrogen-bond acceptors (Lipinski definition) is 3. The minimum absolute atomic E-state index is 0.180. The summed E-state index contributed by atoms with van der Waals surface area (Å²) in [5.74, 6) is 5.81. The summed E-state index contributed by atoms with van der Waals surface area (Å²) >= 11 is 0. The molecule has 1 aliphatic carbocycles. The lowest BCUT2D eigenvalue weighted by atomic mass is 10.1. The molecule has 98 valence electrons. The lowest BCUT2D eigenvalue weighted by Gasteiger charge is -2.09. The first-order valence-electron chi connectivity index (χ1n) is 6.43. The topological polar surface area (TPSA) is 64.3 Å². The second kappa shape index (κ2) is 6.52. The fourth-order valence-electron chi connectivity index (χ4n) is 1.93. The molecule has 2 rings (SSSR count). The van der Waals surface area contributed by atoms with Crippen LogP contribution in [0.2, 0.25) is 0 Å². The van der Waals surface area contributed by atoms with Crippen LogP contribution in [-0.4, -0.2) is 12.5 Å². The van der Waals surface area contributed by atoms with Gasteiger partial charge in [-0.05, 0) is 23.5 Å². The zero-order valence-corrected chi connectivity index (χ0v) is 10.5. The molecule has 0 radical (unpaired) electrons. The Balaban J connectivity index is 1.83. The van der Waals surface area contributed by atoms with Gasteiger partial charge in [0.25, 0.3) is 0 Å². The molecule has 1 amide bonds. The van der Waals surface area contributed by atoms with Crippen LogP contribution in [0.15, 0.2) is 24.3 Å². The molecule has 0 spiro atoms. The fraction of sp³-hybridized carbons (Fsp3) is 0.500. The molecule has 4 nitrogen and oxygen atoms in total. The molecule has 1 aliphatic rings. The van der Waals surface area contributed by atoms with Crippen LogP contribution in [-0.2, 0) is 22.6 Å². The summed E-state index contributed by atoms with van der Waals surface area (Å²) in [5, 5.41) is 0. The van der Waals surface area contributed by atoms with Crippen molar-refractivity contribution in [2.75, 3.05) is 6.61 Å². The van der Waals surface area contributed by atoms with Gasteiger partial charge in [-0.25, -0.2) is 5.84 Å². The monoisotopic (exact) mass is 248 g/mol. The highest BCUT2D eigenvalue weighted by molar-refractivity contribution is 5.78. The zero-order chi connectivity index (χ0) is 12.8. The molecule has 3 N–H and O–H groups in total. The minimum Gasteiger partial charge on any atom is -0.377 e. The predicted octanol–water partition coefficient (Wildman–Crippen LogP) is 1.54. The van der Waals surface area contributed by atoms with Crippen LogP contribution in [0.1, 0.15) is 30.4 Å². The largest absolute Gasteiger partial charge is 0.377 e. The van der Waals surface area contributed by atoms with Crippen LogP contribution in [0.25, 0.3) is 0 Å². The summed E-state index contributed by atoms with van der Waals surface area (Å²) in [6, 6.07) is 7.82. The highest BCUT2D eigenvalue weighted by Crippen LogP contribution is 2.32. The molecule has 18 heavy (non-hydrogen) atoms. The Hall–Kier alpha value is -1.39. The lowest BCUT2D eigenvalue weighted by molar-refractivity contribution is -0.120. The third-order valence-electron chi connectivity index (χ3n) is 3.26. The summed E-state index contributed by atoms with van der Waals surface area (Å²) in [4.78, 5) is 11.3. The molecule has 0 atom stereocenters. The number of benzene rings is 1. The average Bonchev–Trinajstić information content (AvgIpc) is 3.20. The van der Waals surface area contributed by atoms with Crippen molar-refractivity contribution in [3.8, 4) is 0 Å². The highest BCUT2D eigenvalue weighted by atomic mass is 16.5. The van der Waals surface area contributed by atoms with Gasteiger partial charge in [0.1, 0.15) is 0 Å². The number of amides is 1. The number of carbonyl (C=O) groups is 1. The van der Waals surface area contributed by atoms with Gasteiger partial charge in [-0.15, -0.1) is 0 Å². The number of rotatable bonds is 7. The van der Waals surface area contributed by atoms with E-state index in [0.29, 0.717) is 13.0 Å². The molecule has 0 saturated heterocycles. The van der Waals surface area contributed by atoms with Gasteiger partial charge >= 0.3 is 0 Å². The van der Waals surface area contributed by atoms with Gasteiger partial charge in [0.05, 0.1) is 13.0 Å². The van der Waals surface area contributed by atoms with Crippen molar-refractivity contribution in [3.63, 3.8) is 0 Å². The maximum atomic E-state index is 11.3. The first-order valence-corrected chi connectivity index (χ1v) is 6.43. The number of nitrogens with one attached hydrogen (secondary N) is 1. The summed E-state index contributed by atoms with van der Waals surface area (Å²) in [5.41, 5.74) is 4.20. The summed E-state index contributed by atoms with van der Waals surface area (Å²) < 4.78 is 5.66. The van der Waals surface area contributed by atoms with E-state index >= 15 is 0 Å². The highest BCUT2D eigenvalue weighted by Gasteiger charge is 2.20. The molecule has 1 aromatic carbocycles. The Kier molecular flexibility index (Phi) is 4.73. The first-order chi connectivity index (χ1) is 8.79. The minimum atomic E-state index is -0.180. The summed E-state index contributed by atoms with van der Waals surface area (Å²) in [7, 11) is 0. The van der Waals surface area contributed by atoms with Gasteiger partial charge in [-0.3, -0.25) is 10.2 Å². The number of hydrogen-bond donors (Lipinski definition) is 2. The molecule has 1 saturated carbocycles. The zero-order valence-electron chi connectivity index (χ0n) is 10.5. The van der Waals surface area contributed by atoms with E-state index in [2.05, 4.69) is 5.43 Å². The van der Waals surface area contributed by atoms with E-state index in [1.54, 1.807) is 0 Å². The van der Waals surface area contributed by atoms with Gasteiger partial charge in [0, 0.05) is 6.61 Å². The molecule has 0 bridgehead atoms. The van der Waals surface area contributed by atoms with Crippen LogP contribution < -0.4 is 11.3 Å². The van der Waals surface area contributed by atoms with Gasteiger partial charge in [-0.2, -0.15) is 0 Å². The molecule has 0 aliphatic heterocycles. The first kappa shape index (κ1) is 13.1. The van der Waals surface area contributed by atoms with Crippen molar-refractivity contribution in [3.05, 3.63) is 35.4 Å². The second-order valence-electron chi connectivity index (χ2n) is 4.80. The van der Waals surface area contributed by atoms with Crippen molar-refractivity contribution in [1.82, 2.24) is 5.43 Å². The van der Waals surface area contributed by atoms with E-state index in [1.807, 2.05) is 24.3 Å². The third-order valence-corrected chi connectivity index (χ3v) is 3.26. The molecule has 4 heteroatoms. The molecule has 1 aromatic rings. The molecule has 0 unspecified atom stereocenters. The van der Waals surface area contributed by atoms with Gasteiger partial charge in [0.15, 0.2) is 0 Å². The van der Waals surface area contributed by atoms with Crippen molar-refractivity contribution >= 4 is 5.91 Å². The maximum Gasteiger partial charge on any atom is 0.238 e. The molecule has 0 heterocycles. The molecular weight excluding hydrogens is 228 g/mol. The average molecular weight is 248 g/mol. The lowest BCUT2D eigenvalue weighted by Crippen LogP contribution is -2.31. The van der Waals surface area contributed by atoms with E-state index in [4.69, 9.17) is 10.6 Å². The summed E-state index contributed by atoms with van der Waals surface area (Å²) in [6.45, 7) is 1.38. The Morgan fingerprint density at radius 1 is 1.33 bits per heavy atom. The Morgan fingerprint density at radius 2 is 2.06 bits per heavy atom. The quantitative estimate of drug-likeness (QED) is 0.333. The maximum absolute atomic E-state index is 11.3. The number of nitrogens with two attached hydrogens (primary N) is 1. The standard InChI is InChI=1S/C14H20N2O2/c15-16-14(17)9-12-3-1-2-4-13(12)10-18-8-7-11-5-6-11/h1-4,11H,5-10,15H2,(H,16,17).